The van der Waals surface area contributed by atoms with Crippen molar-refractivity contribution in [2.24, 2.45) is 0 Å². The topological polar surface area (TPSA) is 85.1 Å². The van der Waals surface area contributed by atoms with Gasteiger partial charge in [-0.2, -0.15) is 0 Å². The number of aromatic nitrogens is 1. The summed E-state index contributed by atoms with van der Waals surface area (Å²) in [6, 6.07) is 9.89. The van der Waals surface area contributed by atoms with Crippen LogP contribution in [-0.4, -0.2) is 15.8 Å². The highest BCUT2D eigenvalue weighted by atomic mass is 32.1. The number of amides is 1. The molecule has 0 unspecified atom stereocenters. The molecule has 0 aliphatic carbocycles. The highest BCUT2D eigenvalue weighted by Gasteiger charge is 2.15. The van der Waals surface area contributed by atoms with Gasteiger partial charge in [0.25, 0.3) is 11.6 Å². The molecule has 0 aliphatic heterocycles. The van der Waals surface area contributed by atoms with E-state index in [1.807, 2.05) is 19.1 Å². The number of nitro groups is 1. The van der Waals surface area contributed by atoms with Gasteiger partial charge in [-0.05, 0) is 38.1 Å². The molecule has 3 rings (SSSR count). The molecule has 1 heterocycles. The van der Waals surface area contributed by atoms with Crippen molar-refractivity contribution in [2.75, 3.05) is 5.32 Å². The van der Waals surface area contributed by atoms with Crippen LogP contribution in [0.15, 0.2) is 36.4 Å². The number of nitrogens with zero attached hydrogens (tertiary/aromatic N) is 2. The van der Waals surface area contributed by atoms with Gasteiger partial charge in [-0.15, -0.1) is 11.3 Å². The van der Waals surface area contributed by atoms with Crippen molar-refractivity contribution in [1.29, 1.82) is 0 Å². The van der Waals surface area contributed by atoms with Gasteiger partial charge in [0.1, 0.15) is 0 Å². The second kappa shape index (κ2) is 5.77. The lowest BCUT2D eigenvalue weighted by Crippen LogP contribution is -2.12. The maximum Gasteiger partial charge on any atom is 0.273 e. The standard InChI is InChI=1S/C16H13N3O3S/c1-9-3-4-11(7-14(9)19(21)22)16(20)18-12-5-6-13-15(8-12)23-10(2)17-13/h3-8H,1-2H3,(H,18,20). The Kier molecular flexibility index (Phi) is 3.79. The Morgan fingerprint density at radius 3 is 2.74 bits per heavy atom. The molecule has 1 amide bonds. The molecule has 116 valence electrons. The predicted octanol–water partition coefficient (Wildman–Crippen LogP) is 4.07. The van der Waals surface area contributed by atoms with E-state index in [4.69, 9.17) is 0 Å². The minimum absolute atomic E-state index is 0.0637. The normalized spacial score (nSPS) is 10.7. The number of benzene rings is 2. The van der Waals surface area contributed by atoms with Crippen molar-refractivity contribution in [1.82, 2.24) is 4.98 Å². The van der Waals surface area contributed by atoms with E-state index in [-0.39, 0.29) is 17.2 Å². The van der Waals surface area contributed by atoms with Crippen molar-refractivity contribution >= 4 is 38.8 Å². The highest BCUT2D eigenvalue weighted by Crippen LogP contribution is 2.25. The van der Waals surface area contributed by atoms with Crippen LogP contribution in [0, 0.1) is 24.0 Å². The largest absolute Gasteiger partial charge is 0.322 e. The summed E-state index contributed by atoms with van der Waals surface area (Å²) in [4.78, 5) is 27.1. The molecule has 0 atom stereocenters. The van der Waals surface area contributed by atoms with Crippen LogP contribution in [0.4, 0.5) is 11.4 Å². The van der Waals surface area contributed by atoms with Gasteiger partial charge in [0.2, 0.25) is 0 Å². The highest BCUT2D eigenvalue weighted by molar-refractivity contribution is 7.18. The van der Waals surface area contributed by atoms with Crippen LogP contribution in [0.2, 0.25) is 0 Å². The molecule has 0 aliphatic rings. The predicted molar refractivity (Wildman–Crippen MR) is 90.1 cm³/mol. The number of fused-ring (bicyclic) bond motifs is 1. The van der Waals surface area contributed by atoms with Crippen molar-refractivity contribution in [3.63, 3.8) is 0 Å². The number of nitrogens with one attached hydrogen (secondary N) is 1. The second-order valence-corrected chi connectivity index (χ2v) is 6.36. The quantitative estimate of drug-likeness (QED) is 0.580. The molecule has 1 aromatic heterocycles. The van der Waals surface area contributed by atoms with Gasteiger partial charge in [-0.3, -0.25) is 14.9 Å². The van der Waals surface area contributed by atoms with Crippen LogP contribution in [-0.2, 0) is 0 Å². The summed E-state index contributed by atoms with van der Waals surface area (Å²) >= 11 is 1.55. The van der Waals surface area contributed by atoms with E-state index in [1.54, 1.807) is 36.5 Å². The van der Waals surface area contributed by atoms with Gasteiger partial charge in [-0.1, -0.05) is 6.07 Å². The Morgan fingerprint density at radius 2 is 2.00 bits per heavy atom. The van der Waals surface area contributed by atoms with Gasteiger partial charge in [-0.25, -0.2) is 4.98 Å². The first-order valence-electron chi connectivity index (χ1n) is 6.87. The zero-order chi connectivity index (χ0) is 16.6. The fourth-order valence-corrected chi connectivity index (χ4v) is 3.13. The van der Waals surface area contributed by atoms with Crippen LogP contribution in [0.25, 0.3) is 10.2 Å². The van der Waals surface area contributed by atoms with E-state index >= 15 is 0 Å². The van der Waals surface area contributed by atoms with E-state index in [2.05, 4.69) is 10.3 Å². The van der Waals surface area contributed by atoms with Crippen LogP contribution in [0.1, 0.15) is 20.9 Å². The summed E-state index contributed by atoms with van der Waals surface area (Å²) < 4.78 is 0.982. The average molecular weight is 327 g/mol. The first-order chi connectivity index (χ1) is 10.9. The van der Waals surface area contributed by atoms with Crippen LogP contribution < -0.4 is 5.32 Å². The molecule has 0 fully saturated rings. The first-order valence-corrected chi connectivity index (χ1v) is 7.69. The lowest BCUT2D eigenvalue weighted by Gasteiger charge is -2.06. The summed E-state index contributed by atoms with van der Waals surface area (Å²) in [5, 5.41) is 14.7. The summed E-state index contributed by atoms with van der Waals surface area (Å²) in [5.74, 6) is -0.381. The van der Waals surface area contributed by atoms with E-state index in [0.29, 0.717) is 11.3 Å². The van der Waals surface area contributed by atoms with E-state index < -0.39 is 4.92 Å². The smallest absolute Gasteiger partial charge is 0.273 e. The van der Waals surface area contributed by atoms with Crippen molar-refractivity contribution < 1.29 is 9.72 Å². The van der Waals surface area contributed by atoms with Gasteiger partial charge in [0.05, 0.1) is 20.1 Å². The number of aryl methyl sites for hydroxylation is 2. The third-order valence-corrected chi connectivity index (χ3v) is 4.35. The van der Waals surface area contributed by atoms with Gasteiger partial charge in [0.15, 0.2) is 0 Å². The Bertz CT molecular complexity index is 933. The minimum atomic E-state index is -0.488. The Labute approximate surface area is 135 Å². The molecular weight excluding hydrogens is 314 g/mol. The molecular formula is C16H13N3O3S. The summed E-state index contributed by atoms with van der Waals surface area (Å²) in [5.41, 5.74) is 2.23. The second-order valence-electron chi connectivity index (χ2n) is 5.13. The number of anilines is 1. The fourth-order valence-electron chi connectivity index (χ4n) is 2.27. The maximum atomic E-state index is 12.3. The third kappa shape index (κ3) is 3.04. The number of hydrogen-bond donors (Lipinski definition) is 1. The molecule has 1 N–H and O–H groups in total. The molecule has 3 aromatic rings. The molecule has 7 heteroatoms. The lowest BCUT2D eigenvalue weighted by atomic mass is 10.1. The van der Waals surface area contributed by atoms with Gasteiger partial charge in [0, 0.05) is 22.9 Å². The molecule has 0 saturated carbocycles. The Balaban J connectivity index is 1.88. The SMILES string of the molecule is Cc1nc2ccc(NC(=O)c3ccc(C)c([N+](=O)[O-])c3)cc2s1. The minimum Gasteiger partial charge on any atom is -0.322 e. The van der Waals surface area contributed by atoms with Crippen molar-refractivity contribution in [3.05, 3.63) is 62.6 Å². The fraction of sp³-hybridized carbons (Fsp3) is 0.125. The molecule has 0 spiro atoms. The first kappa shape index (κ1) is 15.1. The summed E-state index contributed by atoms with van der Waals surface area (Å²) in [7, 11) is 0. The number of hydrogen-bond acceptors (Lipinski definition) is 5. The monoisotopic (exact) mass is 327 g/mol. The number of carbonyl (C=O) groups is 1. The third-order valence-electron chi connectivity index (χ3n) is 3.42. The van der Waals surface area contributed by atoms with Crippen LogP contribution >= 0.6 is 11.3 Å². The van der Waals surface area contributed by atoms with Crippen LogP contribution in [0.3, 0.4) is 0 Å². The van der Waals surface area contributed by atoms with Crippen molar-refractivity contribution in [3.8, 4) is 0 Å². The molecule has 0 radical (unpaired) electrons. The van der Waals surface area contributed by atoms with Crippen molar-refractivity contribution in [2.45, 2.75) is 13.8 Å². The molecule has 2 aromatic carbocycles. The number of rotatable bonds is 3. The van der Waals surface area contributed by atoms with Crippen LogP contribution in [0.5, 0.6) is 0 Å². The molecule has 23 heavy (non-hydrogen) atoms. The zero-order valence-electron chi connectivity index (χ0n) is 12.5. The Hall–Kier alpha value is -2.80. The van der Waals surface area contributed by atoms with E-state index in [9.17, 15) is 14.9 Å². The molecule has 0 saturated heterocycles. The number of thiazole rings is 1. The average Bonchev–Trinajstić information content (AvgIpc) is 2.86. The van der Waals surface area contributed by atoms with E-state index in [1.165, 1.54) is 6.07 Å². The number of nitro benzene ring substituents is 1. The van der Waals surface area contributed by atoms with Gasteiger partial charge >= 0.3 is 0 Å². The number of carbonyl (C=O) groups excluding carboxylic acids is 1. The summed E-state index contributed by atoms with van der Waals surface area (Å²) in [6.45, 7) is 3.56. The van der Waals surface area contributed by atoms with E-state index in [0.717, 1.165) is 15.2 Å². The lowest BCUT2D eigenvalue weighted by molar-refractivity contribution is -0.385. The maximum absolute atomic E-state index is 12.3. The molecule has 6 nitrogen and oxygen atoms in total. The summed E-state index contributed by atoms with van der Waals surface area (Å²) in [6.07, 6.45) is 0. The zero-order valence-corrected chi connectivity index (χ0v) is 13.3. The molecule has 0 bridgehead atoms. The van der Waals surface area contributed by atoms with Gasteiger partial charge < -0.3 is 5.32 Å². The Morgan fingerprint density at radius 1 is 1.22 bits per heavy atom.